The Labute approximate surface area is 171 Å². The van der Waals surface area contributed by atoms with E-state index < -0.39 is 33.9 Å². The number of hydrogen-bond acceptors (Lipinski definition) is 7. The van der Waals surface area contributed by atoms with E-state index in [2.05, 4.69) is 9.06 Å². The predicted molar refractivity (Wildman–Crippen MR) is 105 cm³/mol. The van der Waals surface area contributed by atoms with E-state index in [-0.39, 0.29) is 13.5 Å². The molecule has 0 amide bonds. The highest BCUT2D eigenvalue weighted by Crippen LogP contribution is 2.31. The van der Waals surface area contributed by atoms with Crippen LogP contribution in [0.1, 0.15) is 6.42 Å². The molecule has 0 saturated carbocycles. The van der Waals surface area contributed by atoms with Crippen molar-refractivity contribution >= 4 is 43.4 Å². The molecule has 4 N–H and O–H groups in total. The Balaban J connectivity index is 0.00000676. The second kappa shape index (κ2) is 12.2. The molecule has 0 bridgehead atoms. The number of quaternary nitrogens is 1. The van der Waals surface area contributed by atoms with Gasteiger partial charge in [0.2, 0.25) is 0 Å². The van der Waals surface area contributed by atoms with Gasteiger partial charge in [0.1, 0.15) is 22.8 Å². The van der Waals surface area contributed by atoms with Crippen LogP contribution in [-0.4, -0.2) is 61.4 Å². The number of hydrogen-bond donors (Lipinski definition) is 3. The van der Waals surface area contributed by atoms with Gasteiger partial charge in [-0.3, -0.25) is 4.72 Å². The highest BCUT2D eigenvalue weighted by atomic mass is 32.2. The molecule has 27 heavy (non-hydrogen) atoms. The molecule has 0 saturated heterocycles. The van der Waals surface area contributed by atoms with E-state index in [0.29, 0.717) is 36.1 Å². The van der Waals surface area contributed by atoms with Crippen LogP contribution in [0.2, 0.25) is 0 Å². The summed E-state index contributed by atoms with van der Waals surface area (Å²) in [5.41, 5.74) is 3.79. The van der Waals surface area contributed by atoms with Crippen LogP contribution >= 0.6 is 37.7 Å². The van der Waals surface area contributed by atoms with Gasteiger partial charge in [-0.2, -0.15) is 13.5 Å². The van der Waals surface area contributed by atoms with Crippen LogP contribution in [0.5, 0.6) is 0 Å². The van der Waals surface area contributed by atoms with E-state index in [1.165, 1.54) is 0 Å². The van der Waals surface area contributed by atoms with Gasteiger partial charge in [0, 0.05) is 13.0 Å². The normalized spacial score (nSPS) is 11.7. The van der Waals surface area contributed by atoms with Crippen LogP contribution < -0.4 is 10.5 Å². The molecule has 0 radical (unpaired) electrons. The minimum Gasteiger partial charge on any atom is -0.394 e. The van der Waals surface area contributed by atoms with Crippen LogP contribution in [0.15, 0.2) is 4.90 Å². The first-order valence-corrected chi connectivity index (χ1v) is 9.14. The molecule has 0 aliphatic heterocycles. The summed E-state index contributed by atoms with van der Waals surface area (Å²) in [7, 11) is 5.73. The lowest BCUT2D eigenvalue weighted by Gasteiger charge is -2.30. The van der Waals surface area contributed by atoms with Crippen molar-refractivity contribution in [3.8, 4) is 0 Å². The van der Waals surface area contributed by atoms with Crippen LogP contribution in [0.3, 0.4) is 0 Å². The number of likely N-dealkylation sites (N-methyl/N-ethyl adjacent to an activating group) is 1. The number of benzene rings is 1. The third-order valence-corrected chi connectivity index (χ3v) is 5.06. The predicted octanol–water partition coefficient (Wildman–Crippen LogP) is 2.99. The molecule has 1 aromatic rings. The summed E-state index contributed by atoms with van der Waals surface area (Å²) in [5.74, 6) is -6.23. The van der Waals surface area contributed by atoms with Crippen LogP contribution in [0, 0.1) is 23.3 Å². The van der Waals surface area contributed by atoms with Gasteiger partial charge in [-0.25, -0.2) is 27.1 Å². The number of halogens is 4. The maximum absolute atomic E-state index is 13.7. The number of anilines is 1. The smallest absolute Gasteiger partial charge is 0.186 e. The molecular weight excluding hydrogens is 428 g/mol. The Morgan fingerprint density at radius 1 is 1.11 bits per heavy atom. The molecule has 0 unspecified atom stereocenters. The van der Waals surface area contributed by atoms with E-state index in [0.717, 1.165) is 25.2 Å². The summed E-state index contributed by atoms with van der Waals surface area (Å²) in [4.78, 5) is -0.790. The molecule has 1 rings (SSSR count). The summed E-state index contributed by atoms with van der Waals surface area (Å²) >= 11 is 1.32. The summed E-state index contributed by atoms with van der Waals surface area (Å²) in [6, 6.07) is 0. The van der Waals surface area contributed by atoms with Gasteiger partial charge in [-0.15, -0.1) is 4.33 Å². The number of rotatable bonds is 11. The molecule has 0 fully saturated rings. The second-order valence-corrected chi connectivity index (χ2v) is 8.05. The molecule has 0 heterocycles. The summed E-state index contributed by atoms with van der Waals surface area (Å²) < 4.78 is 63.2. The fourth-order valence-corrected chi connectivity index (χ4v) is 3.13. The minimum atomic E-state index is -1.60. The first-order chi connectivity index (χ1) is 12.1. The van der Waals surface area contributed by atoms with Gasteiger partial charge in [0.05, 0.1) is 33.7 Å². The van der Waals surface area contributed by atoms with Gasteiger partial charge in [0.25, 0.3) is 0 Å². The SMILES string of the molecule is CN(CCC[N+](C)(C)CCNSc1c(F)c(F)c(N)c(F)c1F)SOO.S. The minimum absolute atomic E-state index is 0. The zero-order chi connectivity index (χ0) is 19.9. The van der Waals surface area contributed by atoms with Gasteiger partial charge in [0.15, 0.2) is 23.3 Å². The molecule has 1 aromatic carbocycles. The van der Waals surface area contributed by atoms with Gasteiger partial charge in [-0.1, -0.05) is 0 Å². The molecule has 0 aliphatic rings. The molecule has 13 heteroatoms. The van der Waals surface area contributed by atoms with Gasteiger partial charge < -0.3 is 10.2 Å². The van der Waals surface area contributed by atoms with Crippen molar-refractivity contribution in [1.82, 2.24) is 9.03 Å². The molecule has 6 nitrogen and oxygen atoms in total. The van der Waals surface area contributed by atoms with E-state index in [1.807, 2.05) is 14.1 Å². The summed E-state index contributed by atoms with van der Waals surface area (Å²) in [6.07, 6.45) is 0.824. The van der Waals surface area contributed by atoms with Crippen LogP contribution in [0.4, 0.5) is 23.2 Å². The van der Waals surface area contributed by atoms with E-state index in [4.69, 9.17) is 11.0 Å². The Morgan fingerprint density at radius 3 is 2.19 bits per heavy atom. The van der Waals surface area contributed by atoms with Crippen molar-refractivity contribution in [2.75, 3.05) is 53.1 Å². The number of nitrogens with one attached hydrogen (secondary N) is 1. The van der Waals surface area contributed by atoms with Gasteiger partial charge >= 0.3 is 0 Å². The Morgan fingerprint density at radius 2 is 1.67 bits per heavy atom. The second-order valence-electron chi connectivity index (χ2n) is 6.23. The fraction of sp³-hybridized carbons (Fsp3) is 0.571. The Hall–Kier alpha value is -0.410. The third kappa shape index (κ3) is 8.23. The summed E-state index contributed by atoms with van der Waals surface area (Å²) in [6.45, 7) is 2.46. The van der Waals surface area contributed by atoms with Crippen LogP contribution in [-0.2, 0) is 4.33 Å². The van der Waals surface area contributed by atoms with Crippen molar-refractivity contribution < 1.29 is 31.6 Å². The number of nitrogens with zero attached hydrogens (tertiary/aromatic N) is 2. The van der Waals surface area contributed by atoms with Crippen molar-refractivity contribution in [1.29, 1.82) is 0 Å². The summed E-state index contributed by atoms with van der Waals surface area (Å²) in [5, 5.41) is 8.32. The Kier molecular flexibility index (Phi) is 12.0. The molecule has 0 aromatic heterocycles. The topological polar surface area (TPSA) is 70.8 Å². The standard InChI is InChI=1S/C14H22F4N4O2S2.H2S/c1-21(26-24-23)6-4-7-22(2,3)8-5-20-25-14-11(17)9(15)13(19)10(16)12(14)18;/h20H,4-8,19H2,1-3H3;1H2/p+1. The quantitative estimate of drug-likeness (QED) is 0.0548. The fourth-order valence-electron chi connectivity index (χ4n) is 2.12. The molecular formula is C14H25F4N4O2S3+. The first kappa shape index (κ1) is 26.6. The highest BCUT2D eigenvalue weighted by Gasteiger charge is 2.24. The van der Waals surface area contributed by atoms with Crippen LogP contribution in [0.25, 0.3) is 0 Å². The average Bonchev–Trinajstić information content (AvgIpc) is 2.57. The maximum atomic E-state index is 13.7. The van der Waals surface area contributed by atoms with Crippen molar-refractivity contribution in [3.05, 3.63) is 23.3 Å². The zero-order valence-corrected chi connectivity index (χ0v) is 17.8. The largest absolute Gasteiger partial charge is 0.394 e. The number of nitrogens with two attached hydrogens (primary N) is 1. The third-order valence-electron chi connectivity index (χ3n) is 3.65. The van der Waals surface area contributed by atoms with Crippen molar-refractivity contribution in [3.63, 3.8) is 0 Å². The lowest BCUT2D eigenvalue weighted by molar-refractivity contribution is -0.889. The van der Waals surface area contributed by atoms with Crippen molar-refractivity contribution in [2.24, 2.45) is 0 Å². The monoisotopic (exact) mass is 453 g/mol. The molecule has 0 aliphatic carbocycles. The molecule has 0 atom stereocenters. The number of nitrogen functional groups attached to an aromatic ring is 1. The van der Waals surface area contributed by atoms with Crippen molar-refractivity contribution in [2.45, 2.75) is 11.3 Å². The lowest BCUT2D eigenvalue weighted by atomic mass is 10.2. The highest BCUT2D eigenvalue weighted by molar-refractivity contribution is 7.97. The average molecular weight is 454 g/mol. The lowest BCUT2D eigenvalue weighted by Crippen LogP contribution is -2.45. The van der Waals surface area contributed by atoms with E-state index >= 15 is 0 Å². The van der Waals surface area contributed by atoms with Gasteiger partial charge in [-0.05, 0) is 19.0 Å². The zero-order valence-electron chi connectivity index (χ0n) is 15.2. The maximum Gasteiger partial charge on any atom is 0.186 e. The first-order valence-electron chi connectivity index (χ1n) is 7.63. The molecule has 0 spiro atoms. The Bertz CT molecular complexity index is 585. The molecule has 158 valence electrons. The van der Waals surface area contributed by atoms with E-state index in [9.17, 15) is 17.6 Å². The van der Waals surface area contributed by atoms with E-state index in [1.54, 1.807) is 11.4 Å².